The predicted molar refractivity (Wildman–Crippen MR) is 41.4 cm³/mol. The molecule has 0 aliphatic carbocycles. The quantitative estimate of drug-likeness (QED) is 0.639. The molecule has 1 heterocycles. The summed E-state index contributed by atoms with van der Waals surface area (Å²) in [6.45, 7) is 2.16. The second-order valence-corrected chi connectivity index (χ2v) is 3.50. The highest BCUT2D eigenvalue weighted by Crippen LogP contribution is 2.19. The van der Waals surface area contributed by atoms with E-state index in [0.717, 1.165) is 6.42 Å². The van der Waals surface area contributed by atoms with Gasteiger partial charge >= 0.3 is 0 Å². The fraction of sp³-hybridized carbons (Fsp3) is 0.333. The molecule has 1 rings (SSSR count). The van der Waals surface area contributed by atoms with E-state index in [0.29, 0.717) is 0 Å². The van der Waals surface area contributed by atoms with E-state index >= 15 is 0 Å². The second-order valence-electron chi connectivity index (χ2n) is 1.58. The monoisotopic (exact) mass is 190 g/mol. The summed E-state index contributed by atoms with van der Waals surface area (Å²) in [5.74, 6) is 0. The lowest BCUT2D eigenvalue weighted by Crippen LogP contribution is -1.64. The second kappa shape index (κ2) is 2.65. The summed E-state index contributed by atoms with van der Waals surface area (Å²) < 4.78 is 1.21. The Morgan fingerprint density at radius 3 is 2.75 bits per heavy atom. The van der Waals surface area contributed by atoms with E-state index in [1.807, 2.05) is 0 Å². The first-order valence-electron chi connectivity index (χ1n) is 2.56. The van der Waals surface area contributed by atoms with E-state index in [9.17, 15) is 0 Å². The van der Waals surface area contributed by atoms with Crippen LogP contribution < -0.4 is 0 Å². The van der Waals surface area contributed by atoms with E-state index < -0.39 is 0 Å². The van der Waals surface area contributed by atoms with Crippen LogP contribution in [0.2, 0.25) is 0 Å². The lowest BCUT2D eigenvalue weighted by Gasteiger charge is -1.79. The van der Waals surface area contributed by atoms with Crippen molar-refractivity contribution in [2.75, 3.05) is 0 Å². The normalized spacial score (nSPS) is 9.75. The maximum absolute atomic E-state index is 3.38. The van der Waals surface area contributed by atoms with Gasteiger partial charge in [-0.1, -0.05) is 6.92 Å². The van der Waals surface area contributed by atoms with Gasteiger partial charge in [0.1, 0.15) is 0 Å². The Balaban J connectivity index is 2.84. The van der Waals surface area contributed by atoms with Gasteiger partial charge in [-0.15, -0.1) is 11.3 Å². The van der Waals surface area contributed by atoms with Crippen molar-refractivity contribution in [2.24, 2.45) is 0 Å². The molecule has 8 heavy (non-hydrogen) atoms. The molecule has 0 amide bonds. The van der Waals surface area contributed by atoms with Gasteiger partial charge in [-0.2, -0.15) is 0 Å². The summed E-state index contributed by atoms with van der Waals surface area (Å²) in [7, 11) is 0. The van der Waals surface area contributed by atoms with Gasteiger partial charge in [-0.25, -0.2) is 0 Å². The van der Waals surface area contributed by atoms with Crippen LogP contribution in [-0.2, 0) is 6.42 Å². The molecule has 0 aromatic carbocycles. The number of rotatable bonds is 1. The molecule has 2 heteroatoms. The molecular weight excluding hydrogens is 184 g/mol. The summed E-state index contributed by atoms with van der Waals surface area (Å²) in [4.78, 5) is 1.44. The van der Waals surface area contributed by atoms with Crippen LogP contribution in [0, 0.1) is 0 Å². The number of aryl methyl sites for hydroxylation is 1. The van der Waals surface area contributed by atoms with Crippen molar-refractivity contribution in [3.63, 3.8) is 0 Å². The molecule has 0 aliphatic rings. The Hall–Kier alpha value is 0.180. The van der Waals surface area contributed by atoms with Crippen LogP contribution in [0.5, 0.6) is 0 Å². The van der Waals surface area contributed by atoms with Crippen molar-refractivity contribution >= 4 is 27.3 Å². The van der Waals surface area contributed by atoms with Gasteiger partial charge in [-0.05, 0) is 28.4 Å². The zero-order valence-corrected chi connectivity index (χ0v) is 7.05. The van der Waals surface area contributed by atoms with Crippen LogP contribution in [0.15, 0.2) is 15.9 Å². The van der Waals surface area contributed by atoms with Crippen molar-refractivity contribution in [1.82, 2.24) is 0 Å². The summed E-state index contributed by atoms with van der Waals surface area (Å²) in [6, 6.07) is 2.16. The van der Waals surface area contributed by atoms with Gasteiger partial charge in [0.15, 0.2) is 0 Å². The highest BCUT2D eigenvalue weighted by Gasteiger charge is 1.90. The van der Waals surface area contributed by atoms with Crippen molar-refractivity contribution in [2.45, 2.75) is 13.3 Å². The van der Waals surface area contributed by atoms with Gasteiger partial charge in [-0.3, -0.25) is 0 Å². The Bertz CT molecular complexity index is 169. The van der Waals surface area contributed by atoms with E-state index in [1.54, 1.807) is 11.3 Å². The third-order valence-corrected chi connectivity index (χ3v) is 2.81. The smallest absolute Gasteiger partial charge is 0.0285 e. The highest BCUT2D eigenvalue weighted by atomic mass is 79.9. The lowest BCUT2D eigenvalue weighted by atomic mass is 10.4. The van der Waals surface area contributed by atoms with Crippen LogP contribution in [0.1, 0.15) is 11.8 Å². The summed E-state index contributed by atoms with van der Waals surface area (Å²) in [5.41, 5.74) is 0. The topological polar surface area (TPSA) is 0 Å². The average molecular weight is 191 g/mol. The van der Waals surface area contributed by atoms with Crippen LogP contribution in [0.25, 0.3) is 0 Å². The maximum Gasteiger partial charge on any atom is 0.0285 e. The van der Waals surface area contributed by atoms with E-state index in [2.05, 4.69) is 34.3 Å². The third-order valence-electron chi connectivity index (χ3n) is 0.970. The minimum absolute atomic E-state index is 1.15. The largest absolute Gasteiger partial charge is 0.148 e. The Labute approximate surface area is 61.7 Å². The fourth-order valence-corrected chi connectivity index (χ4v) is 1.94. The molecule has 0 nitrogen and oxygen atoms in total. The molecule has 0 spiro atoms. The Morgan fingerprint density at radius 1 is 1.75 bits per heavy atom. The number of halogens is 1. The molecule has 0 saturated carbocycles. The predicted octanol–water partition coefficient (Wildman–Crippen LogP) is 3.07. The molecule has 0 radical (unpaired) electrons. The molecule has 0 aliphatic heterocycles. The standard InChI is InChI=1S/C6H7BrS/c1-2-6-3-5(7)4-8-6/h3-4H,2H2,1H3. The molecule has 1 aromatic heterocycles. The van der Waals surface area contributed by atoms with Crippen molar-refractivity contribution in [3.05, 3.63) is 20.8 Å². The molecule has 0 N–H and O–H groups in total. The summed E-state index contributed by atoms with van der Waals surface area (Å²) >= 11 is 5.19. The first-order valence-corrected chi connectivity index (χ1v) is 4.23. The molecule has 1 aromatic rings. The van der Waals surface area contributed by atoms with Crippen LogP contribution in [-0.4, -0.2) is 0 Å². The first kappa shape index (κ1) is 6.30. The van der Waals surface area contributed by atoms with Gasteiger partial charge in [0, 0.05) is 14.7 Å². The molecule has 0 unspecified atom stereocenters. The lowest BCUT2D eigenvalue weighted by molar-refractivity contribution is 1.18. The van der Waals surface area contributed by atoms with E-state index in [-0.39, 0.29) is 0 Å². The van der Waals surface area contributed by atoms with Crippen molar-refractivity contribution < 1.29 is 0 Å². The minimum Gasteiger partial charge on any atom is -0.148 e. The highest BCUT2D eigenvalue weighted by molar-refractivity contribution is 9.10. The number of hydrogen-bond acceptors (Lipinski definition) is 1. The van der Waals surface area contributed by atoms with Gasteiger partial charge in [0.05, 0.1) is 0 Å². The molecule has 44 valence electrons. The van der Waals surface area contributed by atoms with E-state index in [4.69, 9.17) is 0 Å². The maximum atomic E-state index is 3.38. The van der Waals surface area contributed by atoms with Gasteiger partial charge in [0.25, 0.3) is 0 Å². The van der Waals surface area contributed by atoms with Gasteiger partial charge in [0.2, 0.25) is 0 Å². The van der Waals surface area contributed by atoms with Crippen molar-refractivity contribution in [1.29, 1.82) is 0 Å². The minimum atomic E-state index is 1.15. The first-order chi connectivity index (χ1) is 3.83. The average Bonchev–Trinajstić information content (AvgIpc) is 2.14. The van der Waals surface area contributed by atoms with Gasteiger partial charge < -0.3 is 0 Å². The fourth-order valence-electron chi connectivity index (χ4n) is 0.539. The molecule has 0 saturated heterocycles. The van der Waals surface area contributed by atoms with Crippen LogP contribution in [0.4, 0.5) is 0 Å². The number of thiophene rings is 1. The zero-order chi connectivity index (χ0) is 5.98. The Morgan fingerprint density at radius 2 is 2.50 bits per heavy atom. The third kappa shape index (κ3) is 1.33. The SMILES string of the molecule is CCc1cc(Br)cs1. The van der Waals surface area contributed by atoms with Crippen LogP contribution in [0.3, 0.4) is 0 Å². The molecule has 0 bridgehead atoms. The Kier molecular flexibility index (Phi) is 2.08. The zero-order valence-electron chi connectivity index (χ0n) is 4.65. The summed E-state index contributed by atoms with van der Waals surface area (Å²) in [5, 5.41) is 2.11. The molecule has 0 atom stereocenters. The van der Waals surface area contributed by atoms with Crippen LogP contribution >= 0.6 is 27.3 Å². The molecular formula is C6H7BrS. The molecule has 0 fully saturated rings. The van der Waals surface area contributed by atoms with E-state index in [1.165, 1.54) is 9.35 Å². The summed E-state index contributed by atoms with van der Waals surface area (Å²) in [6.07, 6.45) is 1.15. The number of hydrogen-bond donors (Lipinski definition) is 0. The van der Waals surface area contributed by atoms with Crippen molar-refractivity contribution in [3.8, 4) is 0 Å².